The van der Waals surface area contributed by atoms with Gasteiger partial charge in [-0.15, -0.1) is 0 Å². The van der Waals surface area contributed by atoms with Crippen LogP contribution in [0.4, 0.5) is 0 Å². The maximum Gasteiger partial charge on any atom is 0.244 e. The van der Waals surface area contributed by atoms with Gasteiger partial charge in [0.1, 0.15) is 4.90 Å². The first kappa shape index (κ1) is 14.3. The highest BCUT2D eigenvalue weighted by Gasteiger charge is 2.28. The van der Waals surface area contributed by atoms with Crippen molar-refractivity contribution in [2.75, 3.05) is 6.61 Å². The summed E-state index contributed by atoms with van der Waals surface area (Å²) < 4.78 is 26.3. The molecule has 8 heteroatoms. The highest BCUT2D eigenvalue weighted by Crippen LogP contribution is 2.14. The SMILES string of the molecule is CCC(C)(CO)NS(=O)(=O)c1cnc(Cl)nc1. The Kier molecular flexibility index (Phi) is 4.42. The highest BCUT2D eigenvalue weighted by atomic mass is 35.5. The van der Waals surface area contributed by atoms with Crippen molar-refractivity contribution in [1.82, 2.24) is 14.7 Å². The second-order valence-electron chi connectivity index (χ2n) is 3.87. The number of nitrogens with zero attached hydrogens (tertiary/aromatic N) is 2. The van der Waals surface area contributed by atoms with Crippen LogP contribution in [0.2, 0.25) is 5.28 Å². The monoisotopic (exact) mass is 279 g/mol. The maximum absolute atomic E-state index is 11.9. The number of hydrogen-bond donors (Lipinski definition) is 2. The number of aliphatic hydroxyl groups excluding tert-OH is 1. The van der Waals surface area contributed by atoms with Crippen LogP contribution < -0.4 is 4.72 Å². The van der Waals surface area contributed by atoms with Gasteiger partial charge in [-0.05, 0) is 24.9 Å². The van der Waals surface area contributed by atoms with Crippen LogP contribution >= 0.6 is 11.6 Å². The van der Waals surface area contributed by atoms with Crippen LogP contribution in [-0.4, -0.2) is 35.6 Å². The summed E-state index contributed by atoms with van der Waals surface area (Å²) in [5, 5.41) is 9.14. The first-order valence-corrected chi connectivity index (χ1v) is 6.81. The molecule has 0 aromatic carbocycles. The smallest absolute Gasteiger partial charge is 0.244 e. The summed E-state index contributed by atoms with van der Waals surface area (Å²) in [6, 6.07) is 0. The Morgan fingerprint density at radius 3 is 2.41 bits per heavy atom. The third-order valence-electron chi connectivity index (χ3n) is 2.42. The van der Waals surface area contributed by atoms with Gasteiger partial charge < -0.3 is 5.11 Å². The second-order valence-corrected chi connectivity index (χ2v) is 5.89. The summed E-state index contributed by atoms with van der Waals surface area (Å²) in [5.74, 6) is 0. The molecule has 1 rings (SSSR count). The van der Waals surface area contributed by atoms with Crippen molar-refractivity contribution in [3.8, 4) is 0 Å². The van der Waals surface area contributed by atoms with Crippen molar-refractivity contribution in [1.29, 1.82) is 0 Å². The largest absolute Gasteiger partial charge is 0.394 e. The Balaban J connectivity index is 3.00. The van der Waals surface area contributed by atoms with E-state index in [1.54, 1.807) is 13.8 Å². The number of aliphatic hydroxyl groups is 1. The van der Waals surface area contributed by atoms with E-state index in [9.17, 15) is 8.42 Å². The molecule has 0 aliphatic heterocycles. The van der Waals surface area contributed by atoms with Crippen LogP contribution in [0, 0.1) is 0 Å². The van der Waals surface area contributed by atoms with Crippen LogP contribution in [0.1, 0.15) is 20.3 Å². The van der Waals surface area contributed by atoms with E-state index in [1.165, 1.54) is 0 Å². The number of sulfonamides is 1. The molecule has 0 radical (unpaired) electrons. The van der Waals surface area contributed by atoms with Crippen LogP contribution in [0.25, 0.3) is 0 Å². The predicted molar refractivity (Wildman–Crippen MR) is 63.1 cm³/mol. The lowest BCUT2D eigenvalue weighted by atomic mass is 10.0. The molecule has 6 nitrogen and oxygen atoms in total. The number of aromatic nitrogens is 2. The molecule has 0 bridgehead atoms. The molecule has 1 atom stereocenters. The molecule has 0 saturated heterocycles. The average molecular weight is 280 g/mol. The third kappa shape index (κ3) is 3.60. The van der Waals surface area contributed by atoms with E-state index < -0.39 is 15.6 Å². The van der Waals surface area contributed by atoms with Crippen LogP contribution in [0.15, 0.2) is 17.3 Å². The van der Waals surface area contributed by atoms with Gasteiger partial charge in [0.25, 0.3) is 0 Å². The molecule has 0 aliphatic carbocycles. The summed E-state index contributed by atoms with van der Waals surface area (Å²) in [4.78, 5) is 7.11. The van der Waals surface area contributed by atoms with Crippen molar-refractivity contribution in [2.24, 2.45) is 0 Å². The summed E-state index contributed by atoms with van der Waals surface area (Å²) in [7, 11) is -3.75. The van der Waals surface area contributed by atoms with Gasteiger partial charge >= 0.3 is 0 Å². The molecule has 1 aromatic rings. The Hall–Kier alpha value is -0.760. The second kappa shape index (κ2) is 5.26. The topological polar surface area (TPSA) is 92.2 Å². The number of halogens is 1. The third-order valence-corrected chi connectivity index (χ3v) is 4.21. The Labute approximate surface area is 105 Å². The van der Waals surface area contributed by atoms with Crippen molar-refractivity contribution >= 4 is 21.6 Å². The highest BCUT2D eigenvalue weighted by molar-refractivity contribution is 7.89. The van der Waals surface area contributed by atoms with Crippen molar-refractivity contribution in [2.45, 2.75) is 30.7 Å². The van der Waals surface area contributed by atoms with Crippen molar-refractivity contribution in [3.63, 3.8) is 0 Å². The number of nitrogens with one attached hydrogen (secondary N) is 1. The van der Waals surface area contributed by atoms with E-state index in [1.807, 2.05) is 0 Å². The normalized spacial score (nSPS) is 15.5. The molecule has 1 unspecified atom stereocenters. The van der Waals surface area contributed by atoms with Gasteiger partial charge in [-0.3, -0.25) is 0 Å². The zero-order valence-electron chi connectivity index (χ0n) is 9.51. The van der Waals surface area contributed by atoms with Crippen LogP contribution in [0.5, 0.6) is 0 Å². The standard InChI is InChI=1S/C9H14ClN3O3S/c1-3-9(2,6-14)13-17(15,16)7-4-11-8(10)12-5-7/h4-5,13-14H,3,6H2,1-2H3. The summed E-state index contributed by atoms with van der Waals surface area (Å²) in [6.07, 6.45) is 2.69. The van der Waals surface area contributed by atoms with Gasteiger partial charge in [-0.25, -0.2) is 23.1 Å². The molecule has 0 saturated carbocycles. The van der Waals surface area contributed by atoms with Crippen molar-refractivity contribution < 1.29 is 13.5 Å². The van der Waals surface area contributed by atoms with Crippen LogP contribution in [0.3, 0.4) is 0 Å². The lowest BCUT2D eigenvalue weighted by Crippen LogP contribution is -2.48. The fourth-order valence-electron chi connectivity index (χ4n) is 1.04. The van der Waals surface area contributed by atoms with Gasteiger partial charge in [0.15, 0.2) is 0 Å². The minimum absolute atomic E-state index is 0.0237. The summed E-state index contributed by atoms with van der Waals surface area (Å²) >= 11 is 5.47. The Morgan fingerprint density at radius 2 is 2.00 bits per heavy atom. The predicted octanol–water partition coefficient (Wildman–Crippen LogP) is 0.569. The van der Waals surface area contributed by atoms with E-state index in [4.69, 9.17) is 16.7 Å². The molecule has 17 heavy (non-hydrogen) atoms. The van der Waals surface area contributed by atoms with E-state index in [0.717, 1.165) is 12.4 Å². The zero-order chi connectivity index (χ0) is 13.1. The first-order valence-electron chi connectivity index (χ1n) is 4.95. The molecule has 0 aliphatic rings. The summed E-state index contributed by atoms with van der Waals surface area (Å²) in [5.41, 5.74) is -0.904. The van der Waals surface area contributed by atoms with E-state index >= 15 is 0 Å². The lowest BCUT2D eigenvalue weighted by Gasteiger charge is -2.26. The van der Waals surface area contributed by atoms with Gasteiger partial charge in [-0.2, -0.15) is 0 Å². The molecule has 2 N–H and O–H groups in total. The van der Waals surface area contributed by atoms with Gasteiger partial charge in [-0.1, -0.05) is 6.92 Å². The molecule has 0 amide bonds. The Bertz CT molecular complexity index is 471. The van der Waals surface area contributed by atoms with Crippen molar-refractivity contribution in [3.05, 3.63) is 17.7 Å². The lowest BCUT2D eigenvalue weighted by molar-refractivity contribution is 0.191. The molecular formula is C9H14ClN3O3S. The average Bonchev–Trinajstić information content (AvgIpc) is 2.29. The van der Waals surface area contributed by atoms with Gasteiger partial charge in [0, 0.05) is 0 Å². The first-order chi connectivity index (χ1) is 7.83. The molecular weight excluding hydrogens is 266 g/mol. The molecule has 0 spiro atoms. The fraction of sp³-hybridized carbons (Fsp3) is 0.556. The van der Waals surface area contributed by atoms with Gasteiger partial charge in [0.2, 0.25) is 15.3 Å². The van der Waals surface area contributed by atoms with E-state index in [0.29, 0.717) is 6.42 Å². The molecule has 1 heterocycles. The number of rotatable bonds is 5. The quantitative estimate of drug-likeness (QED) is 0.769. The van der Waals surface area contributed by atoms with E-state index in [2.05, 4.69) is 14.7 Å². The minimum atomic E-state index is -3.75. The molecule has 1 aromatic heterocycles. The zero-order valence-corrected chi connectivity index (χ0v) is 11.1. The number of hydrogen-bond acceptors (Lipinski definition) is 5. The Morgan fingerprint density at radius 1 is 1.47 bits per heavy atom. The summed E-state index contributed by atoms with van der Waals surface area (Å²) in [6.45, 7) is 3.09. The molecule has 0 fully saturated rings. The van der Waals surface area contributed by atoms with Crippen LogP contribution in [-0.2, 0) is 10.0 Å². The maximum atomic E-state index is 11.9. The molecule has 96 valence electrons. The van der Waals surface area contributed by atoms with Gasteiger partial charge in [0.05, 0.1) is 24.5 Å². The fourth-order valence-corrected chi connectivity index (χ4v) is 2.49. The van der Waals surface area contributed by atoms with E-state index in [-0.39, 0.29) is 16.8 Å². The minimum Gasteiger partial charge on any atom is -0.394 e.